The topological polar surface area (TPSA) is 135 Å². The summed E-state index contributed by atoms with van der Waals surface area (Å²) in [5.41, 5.74) is 10.3. The molecule has 0 radical (unpaired) electrons. The minimum Gasteiger partial charge on any atom is -0.479 e. The monoisotopic (exact) mass is 589 g/mol. The normalized spacial score (nSPS) is 17.7. The molecule has 1 saturated heterocycles. The fourth-order valence-corrected chi connectivity index (χ4v) is 5.86. The van der Waals surface area contributed by atoms with Crippen molar-refractivity contribution in [1.82, 2.24) is 24.8 Å². The van der Waals surface area contributed by atoms with Gasteiger partial charge in [0.15, 0.2) is 11.6 Å². The van der Waals surface area contributed by atoms with Crippen molar-refractivity contribution in [1.29, 1.82) is 0 Å². The highest BCUT2D eigenvalue weighted by Gasteiger charge is 2.40. The molecule has 3 aromatic heterocycles. The highest BCUT2D eigenvalue weighted by molar-refractivity contribution is 5.96. The SMILES string of the molecule is COc1nc(N(C)C[C@@H]2CCCN2C)c(N)cc1Nc1ncc(C(=O)OC(C)C)c(N2CC(C)(C)c3nc(C)ccc32)n1. The smallest absolute Gasteiger partial charge is 0.343 e. The average molecular weight is 590 g/mol. The van der Waals surface area contributed by atoms with Crippen LogP contribution in [0.5, 0.6) is 5.88 Å². The predicted molar refractivity (Wildman–Crippen MR) is 169 cm³/mol. The lowest BCUT2D eigenvalue weighted by atomic mass is 9.91. The van der Waals surface area contributed by atoms with Gasteiger partial charge in [-0.2, -0.15) is 9.97 Å². The first-order chi connectivity index (χ1) is 20.4. The zero-order chi connectivity index (χ0) is 31.1. The van der Waals surface area contributed by atoms with E-state index in [0.29, 0.717) is 41.5 Å². The molecule has 2 aliphatic heterocycles. The largest absolute Gasteiger partial charge is 0.479 e. The third-order valence-electron chi connectivity index (χ3n) is 8.04. The number of hydrogen-bond acceptors (Lipinski definition) is 12. The highest BCUT2D eigenvalue weighted by Crippen LogP contribution is 2.44. The molecular weight excluding hydrogens is 546 g/mol. The zero-order valence-corrected chi connectivity index (χ0v) is 26.4. The van der Waals surface area contributed by atoms with Crippen LogP contribution < -0.4 is 25.6 Å². The number of carbonyl (C=O) groups is 1. The van der Waals surface area contributed by atoms with Crippen LogP contribution in [0.4, 0.5) is 34.6 Å². The van der Waals surface area contributed by atoms with Crippen LogP contribution in [0.15, 0.2) is 24.4 Å². The molecule has 5 heterocycles. The molecule has 43 heavy (non-hydrogen) atoms. The quantitative estimate of drug-likeness (QED) is 0.342. The lowest BCUT2D eigenvalue weighted by Gasteiger charge is -2.28. The van der Waals surface area contributed by atoms with Crippen LogP contribution in [0.1, 0.15) is 62.3 Å². The van der Waals surface area contributed by atoms with Gasteiger partial charge in [-0.05, 0) is 65.4 Å². The van der Waals surface area contributed by atoms with Crippen LogP contribution in [0.25, 0.3) is 0 Å². The summed E-state index contributed by atoms with van der Waals surface area (Å²) >= 11 is 0. The van der Waals surface area contributed by atoms with Crippen molar-refractivity contribution in [3.05, 3.63) is 41.3 Å². The van der Waals surface area contributed by atoms with Crippen LogP contribution in [-0.4, -0.2) is 83.8 Å². The maximum Gasteiger partial charge on any atom is 0.343 e. The predicted octanol–water partition coefficient (Wildman–Crippen LogP) is 4.43. The molecule has 0 aliphatic carbocycles. The summed E-state index contributed by atoms with van der Waals surface area (Å²) < 4.78 is 11.2. The van der Waals surface area contributed by atoms with Crippen LogP contribution >= 0.6 is 0 Å². The van der Waals surface area contributed by atoms with E-state index in [1.54, 1.807) is 13.2 Å². The number of fused-ring (bicyclic) bond motifs is 1. The van der Waals surface area contributed by atoms with Crippen molar-refractivity contribution in [2.75, 3.05) is 61.7 Å². The number of carbonyl (C=O) groups excluding carboxylic acids is 1. The first kappa shape index (κ1) is 30.3. The number of nitrogens with zero attached hydrogens (tertiary/aromatic N) is 7. The van der Waals surface area contributed by atoms with Crippen LogP contribution in [0, 0.1) is 6.92 Å². The standard InChI is InChI=1S/C31H43N9O3/c1-18(2)43-29(41)21-15-33-30(37-26(21)40-17-31(4,5)25-24(40)12-11-19(3)34-25)35-23-14-22(32)27(36-28(23)42-8)39(7)16-20-10-9-13-38(20)6/h11-12,14-15,18,20H,9-10,13,16-17,32H2,1-8H3,(H,33,35,37)/t20-/m0/s1. The molecule has 1 atom stereocenters. The Morgan fingerprint density at radius 3 is 2.70 bits per heavy atom. The van der Waals surface area contributed by atoms with E-state index < -0.39 is 5.97 Å². The van der Waals surface area contributed by atoms with E-state index >= 15 is 0 Å². The molecule has 0 saturated carbocycles. The molecule has 3 aromatic rings. The molecule has 2 aliphatic rings. The molecule has 230 valence electrons. The third kappa shape index (κ3) is 6.15. The molecule has 0 amide bonds. The molecule has 0 bridgehead atoms. The number of hydrogen-bond donors (Lipinski definition) is 2. The van der Waals surface area contributed by atoms with E-state index in [-0.39, 0.29) is 23.0 Å². The Morgan fingerprint density at radius 2 is 2.02 bits per heavy atom. The summed E-state index contributed by atoms with van der Waals surface area (Å²) in [4.78, 5) is 38.5. The Kier molecular flexibility index (Phi) is 8.33. The Bertz CT molecular complexity index is 1510. The number of pyridine rings is 2. The number of aromatic nitrogens is 4. The maximum absolute atomic E-state index is 13.2. The van der Waals surface area contributed by atoms with E-state index in [9.17, 15) is 4.79 Å². The van der Waals surface area contributed by atoms with Crippen molar-refractivity contribution < 1.29 is 14.3 Å². The maximum atomic E-state index is 13.2. The second-order valence-corrected chi connectivity index (χ2v) is 12.4. The lowest BCUT2D eigenvalue weighted by Crippen LogP contribution is -2.37. The molecule has 5 rings (SSSR count). The average Bonchev–Trinajstić information content (AvgIpc) is 3.46. The summed E-state index contributed by atoms with van der Waals surface area (Å²) in [5.74, 6) is 1.20. The van der Waals surface area contributed by atoms with Gasteiger partial charge in [0.05, 0.1) is 30.3 Å². The minimum atomic E-state index is -0.494. The summed E-state index contributed by atoms with van der Waals surface area (Å²) in [6, 6.07) is 6.21. The fraction of sp³-hybridized carbons (Fsp3) is 0.516. The van der Waals surface area contributed by atoms with Gasteiger partial charge >= 0.3 is 5.97 Å². The number of methoxy groups -OCH3 is 1. The molecule has 3 N–H and O–H groups in total. The number of esters is 1. The van der Waals surface area contributed by atoms with Gasteiger partial charge in [-0.1, -0.05) is 13.8 Å². The Morgan fingerprint density at radius 1 is 1.26 bits per heavy atom. The van der Waals surface area contributed by atoms with Gasteiger partial charge in [0, 0.05) is 43.5 Å². The van der Waals surface area contributed by atoms with Gasteiger partial charge < -0.3 is 35.2 Å². The number of nitrogens with one attached hydrogen (secondary N) is 1. The number of anilines is 6. The van der Waals surface area contributed by atoms with Crippen LogP contribution in [0.2, 0.25) is 0 Å². The number of likely N-dealkylation sites (N-methyl/N-ethyl adjacent to an activating group) is 2. The molecule has 1 fully saturated rings. The van der Waals surface area contributed by atoms with Gasteiger partial charge in [-0.15, -0.1) is 0 Å². The molecule has 12 nitrogen and oxygen atoms in total. The van der Waals surface area contributed by atoms with E-state index in [1.165, 1.54) is 12.6 Å². The van der Waals surface area contributed by atoms with E-state index in [4.69, 9.17) is 30.2 Å². The molecule has 0 aromatic carbocycles. The Labute approximate surface area is 253 Å². The van der Waals surface area contributed by atoms with Crippen molar-refractivity contribution in [3.63, 3.8) is 0 Å². The minimum absolute atomic E-state index is 0.260. The molecule has 12 heteroatoms. The van der Waals surface area contributed by atoms with Crippen molar-refractivity contribution in [3.8, 4) is 5.88 Å². The van der Waals surface area contributed by atoms with E-state index in [1.807, 2.05) is 44.9 Å². The summed E-state index contributed by atoms with van der Waals surface area (Å²) in [7, 11) is 5.71. The van der Waals surface area contributed by atoms with Crippen molar-refractivity contribution in [2.24, 2.45) is 0 Å². The Balaban J connectivity index is 1.50. The van der Waals surface area contributed by atoms with Gasteiger partial charge in [-0.3, -0.25) is 4.98 Å². The van der Waals surface area contributed by atoms with Crippen molar-refractivity contribution in [2.45, 2.75) is 65.0 Å². The summed E-state index contributed by atoms with van der Waals surface area (Å²) in [6.07, 6.45) is 3.53. The number of likely N-dealkylation sites (tertiary alicyclic amines) is 1. The van der Waals surface area contributed by atoms with Gasteiger partial charge in [0.2, 0.25) is 11.8 Å². The second kappa shape index (κ2) is 11.8. The lowest BCUT2D eigenvalue weighted by molar-refractivity contribution is 0.0378. The number of ether oxygens (including phenoxy) is 2. The fourth-order valence-electron chi connectivity index (χ4n) is 5.86. The first-order valence-corrected chi connectivity index (χ1v) is 14.7. The molecular formula is C31H43N9O3. The number of nitrogen functional groups attached to an aromatic ring is 1. The number of rotatable bonds is 9. The van der Waals surface area contributed by atoms with Gasteiger partial charge in [0.1, 0.15) is 11.3 Å². The summed E-state index contributed by atoms with van der Waals surface area (Å²) in [6.45, 7) is 12.3. The summed E-state index contributed by atoms with van der Waals surface area (Å²) in [5, 5.41) is 3.22. The van der Waals surface area contributed by atoms with Crippen LogP contribution in [0.3, 0.4) is 0 Å². The zero-order valence-electron chi connectivity index (χ0n) is 26.4. The molecule has 0 unspecified atom stereocenters. The van der Waals surface area contributed by atoms with E-state index in [0.717, 1.165) is 36.6 Å². The van der Waals surface area contributed by atoms with Crippen molar-refractivity contribution >= 4 is 40.6 Å². The number of nitrogens with two attached hydrogens (primary N) is 1. The van der Waals surface area contributed by atoms with Crippen LogP contribution in [-0.2, 0) is 10.2 Å². The van der Waals surface area contributed by atoms with Gasteiger partial charge in [0.25, 0.3) is 0 Å². The van der Waals surface area contributed by atoms with E-state index in [2.05, 4.69) is 41.0 Å². The van der Waals surface area contributed by atoms with Gasteiger partial charge in [-0.25, -0.2) is 9.78 Å². The third-order valence-corrected chi connectivity index (χ3v) is 8.04. The second-order valence-electron chi connectivity index (χ2n) is 12.4. The highest BCUT2D eigenvalue weighted by atomic mass is 16.5. The first-order valence-electron chi connectivity index (χ1n) is 14.7. The Hall–Kier alpha value is -4.19. The molecule has 0 spiro atoms. The number of aryl methyl sites for hydroxylation is 1.